The fraction of sp³-hybridized carbons (Fsp3) is 0.444. The van der Waals surface area contributed by atoms with Crippen LogP contribution in [-0.2, 0) is 4.79 Å². The predicted molar refractivity (Wildman–Crippen MR) is 95.7 cm³/mol. The lowest BCUT2D eigenvalue weighted by Crippen LogP contribution is -2.42. The second-order valence-corrected chi connectivity index (χ2v) is 6.89. The largest absolute Gasteiger partial charge is 0.493 e. The fourth-order valence-corrected chi connectivity index (χ4v) is 3.77. The summed E-state index contributed by atoms with van der Waals surface area (Å²) in [5.41, 5.74) is 0.822. The SMILES string of the molecule is CCOc1ccccc1/C=C1/SC(=O)N(CN2CCCCC2)C1=O. The van der Waals surface area contributed by atoms with Crippen LogP contribution in [0.1, 0.15) is 31.7 Å². The number of ether oxygens (including phenoxy) is 1. The molecule has 6 heteroatoms. The molecular formula is C18H22N2O3S. The van der Waals surface area contributed by atoms with E-state index in [-0.39, 0.29) is 11.1 Å². The second kappa shape index (κ2) is 7.85. The van der Waals surface area contributed by atoms with Gasteiger partial charge < -0.3 is 4.74 Å². The van der Waals surface area contributed by atoms with Crippen molar-refractivity contribution in [1.82, 2.24) is 9.80 Å². The highest BCUT2D eigenvalue weighted by molar-refractivity contribution is 8.18. The van der Waals surface area contributed by atoms with E-state index in [4.69, 9.17) is 4.74 Å². The van der Waals surface area contributed by atoms with Crippen LogP contribution in [0.2, 0.25) is 0 Å². The molecule has 5 nitrogen and oxygen atoms in total. The van der Waals surface area contributed by atoms with Gasteiger partial charge in [-0.3, -0.25) is 19.4 Å². The number of para-hydroxylation sites is 1. The molecule has 128 valence electrons. The molecular weight excluding hydrogens is 324 g/mol. The minimum absolute atomic E-state index is 0.189. The molecule has 0 aliphatic carbocycles. The van der Waals surface area contributed by atoms with Gasteiger partial charge >= 0.3 is 0 Å². The lowest BCUT2D eigenvalue weighted by Gasteiger charge is -2.29. The van der Waals surface area contributed by atoms with Gasteiger partial charge in [0, 0.05) is 5.56 Å². The molecule has 0 spiro atoms. The highest BCUT2D eigenvalue weighted by Gasteiger charge is 2.36. The average Bonchev–Trinajstić information content (AvgIpc) is 2.85. The van der Waals surface area contributed by atoms with Crippen LogP contribution in [0.3, 0.4) is 0 Å². The molecule has 2 aliphatic heterocycles. The molecule has 0 saturated carbocycles. The minimum Gasteiger partial charge on any atom is -0.493 e. The van der Waals surface area contributed by atoms with Gasteiger partial charge in [0.2, 0.25) is 0 Å². The topological polar surface area (TPSA) is 49.9 Å². The zero-order valence-electron chi connectivity index (χ0n) is 13.9. The number of nitrogens with zero attached hydrogens (tertiary/aromatic N) is 2. The molecule has 2 aliphatic rings. The standard InChI is InChI=1S/C18H22N2O3S/c1-2-23-15-9-5-4-8-14(15)12-16-17(21)20(18(22)24-16)13-19-10-6-3-7-11-19/h4-5,8-9,12H,2-3,6-7,10-11,13H2,1H3/b16-12+. The smallest absolute Gasteiger partial charge is 0.294 e. The molecule has 2 amide bonds. The number of thioether (sulfide) groups is 1. The van der Waals surface area contributed by atoms with Crippen molar-refractivity contribution in [2.75, 3.05) is 26.4 Å². The van der Waals surface area contributed by atoms with Gasteiger partial charge in [-0.05, 0) is 56.8 Å². The van der Waals surface area contributed by atoms with E-state index in [0.29, 0.717) is 18.2 Å². The highest BCUT2D eigenvalue weighted by atomic mass is 32.2. The van der Waals surface area contributed by atoms with Gasteiger partial charge in [-0.15, -0.1) is 0 Å². The third-order valence-electron chi connectivity index (χ3n) is 4.17. The van der Waals surface area contributed by atoms with E-state index in [1.165, 1.54) is 11.3 Å². The van der Waals surface area contributed by atoms with Gasteiger partial charge in [-0.25, -0.2) is 0 Å². The van der Waals surface area contributed by atoms with Crippen LogP contribution in [0.4, 0.5) is 4.79 Å². The first kappa shape index (κ1) is 17.0. The van der Waals surface area contributed by atoms with E-state index in [0.717, 1.165) is 49.0 Å². The molecule has 0 bridgehead atoms. The third-order valence-corrected chi connectivity index (χ3v) is 5.08. The van der Waals surface area contributed by atoms with Crippen LogP contribution >= 0.6 is 11.8 Å². The van der Waals surface area contributed by atoms with E-state index in [1.54, 1.807) is 6.08 Å². The molecule has 0 aromatic heterocycles. The van der Waals surface area contributed by atoms with E-state index < -0.39 is 0 Å². The van der Waals surface area contributed by atoms with Crippen LogP contribution in [0.5, 0.6) is 5.75 Å². The van der Waals surface area contributed by atoms with E-state index >= 15 is 0 Å². The lowest BCUT2D eigenvalue weighted by molar-refractivity contribution is -0.124. The molecule has 2 fully saturated rings. The Labute approximate surface area is 146 Å². The number of rotatable bonds is 5. The quantitative estimate of drug-likeness (QED) is 0.763. The molecule has 3 rings (SSSR count). The van der Waals surface area contributed by atoms with Gasteiger partial charge in [-0.2, -0.15) is 0 Å². The molecule has 24 heavy (non-hydrogen) atoms. The average molecular weight is 346 g/mol. The van der Waals surface area contributed by atoms with Crippen LogP contribution in [-0.4, -0.2) is 47.3 Å². The van der Waals surface area contributed by atoms with Crippen molar-refractivity contribution in [2.45, 2.75) is 26.2 Å². The summed E-state index contributed by atoms with van der Waals surface area (Å²) in [4.78, 5) is 28.8. The molecule has 2 heterocycles. The lowest BCUT2D eigenvalue weighted by atomic mass is 10.1. The van der Waals surface area contributed by atoms with Crippen molar-refractivity contribution in [3.8, 4) is 5.75 Å². The van der Waals surface area contributed by atoms with Crippen molar-refractivity contribution in [1.29, 1.82) is 0 Å². The number of amides is 2. The monoisotopic (exact) mass is 346 g/mol. The summed E-state index contributed by atoms with van der Waals surface area (Å²) in [5.74, 6) is 0.518. The molecule has 1 aromatic rings. The van der Waals surface area contributed by atoms with Crippen LogP contribution in [0.25, 0.3) is 6.08 Å². The maximum atomic E-state index is 12.6. The van der Waals surface area contributed by atoms with Crippen molar-refractivity contribution in [2.24, 2.45) is 0 Å². The zero-order valence-corrected chi connectivity index (χ0v) is 14.7. The van der Waals surface area contributed by atoms with Crippen molar-refractivity contribution in [3.05, 3.63) is 34.7 Å². The van der Waals surface area contributed by atoms with Crippen molar-refractivity contribution < 1.29 is 14.3 Å². The number of piperidine rings is 1. The Morgan fingerprint density at radius 3 is 2.67 bits per heavy atom. The fourth-order valence-electron chi connectivity index (χ4n) is 2.95. The van der Waals surface area contributed by atoms with Gasteiger partial charge in [0.05, 0.1) is 18.2 Å². The number of hydrogen-bond donors (Lipinski definition) is 0. The summed E-state index contributed by atoms with van der Waals surface area (Å²) >= 11 is 1.01. The Morgan fingerprint density at radius 1 is 1.17 bits per heavy atom. The molecule has 1 aromatic carbocycles. The predicted octanol–water partition coefficient (Wildman–Crippen LogP) is 3.57. The number of likely N-dealkylation sites (tertiary alicyclic amines) is 1. The minimum atomic E-state index is -0.207. The van der Waals surface area contributed by atoms with Crippen LogP contribution in [0, 0.1) is 0 Å². The third kappa shape index (κ3) is 3.82. The van der Waals surface area contributed by atoms with Gasteiger partial charge in [0.1, 0.15) is 5.75 Å². The number of carbonyl (C=O) groups excluding carboxylic acids is 2. The maximum Gasteiger partial charge on any atom is 0.294 e. The van der Waals surface area contributed by atoms with Crippen molar-refractivity contribution >= 4 is 29.0 Å². The molecule has 0 unspecified atom stereocenters. The number of hydrogen-bond acceptors (Lipinski definition) is 5. The highest BCUT2D eigenvalue weighted by Crippen LogP contribution is 2.34. The first-order valence-electron chi connectivity index (χ1n) is 8.38. The van der Waals surface area contributed by atoms with E-state index in [1.807, 2.05) is 31.2 Å². The number of carbonyl (C=O) groups is 2. The summed E-state index contributed by atoms with van der Waals surface area (Å²) < 4.78 is 5.59. The molecule has 2 saturated heterocycles. The van der Waals surface area contributed by atoms with E-state index in [9.17, 15) is 9.59 Å². The van der Waals surface area contributed by atoms with E-state index in [2.05, 4.69) is 4.90 Å². The van der Waals surface area contributed by atoms with Crippen molar-refractivity contribution in [3.63, 3.8) is 0 Å². The Hall–Kier alpha value is -1.79. The van der Waals surface area contributed by atoms with Gasteiger partial charge in [-0.1, -0.05) is 24.6 Å². The molecule has 0 radical (unpaired) electrons. The Kier molecular flexibility index (Phi) is 5.58. The normalized spacial score (nSPS) is 20.9. The second-order valence-electron chi connectivity index (χ2n) is 5.90. The Balaban J connectivity index is 1.75. The first-order valence-corrected chi connectivity index (χ1v) is 9.20. The maximum absolute atomic E-state index is 12.6. The van der Waals surface area contributed by atoms with Gasteiger partial charge in [0.15, 0.2) is 0 Å². The first-order chi connectivity index (χ1) is 11.7. The van der Waals surface area contributed by atoms with Crippen LogP contribution < -0.4 is 4.74 Å². The number of benzene rings is 1. The Bertz CT molecular complexity index is 653. The molecule has 0 N–H and O–H groups in total. The summed E-state index contributed by atoms with van der Waals surface area (Å²) in [6, 6.07) is 7.55. The summed E-state index contributed by atoms with van der Waals surface area (Å²) in [6.45, 7) is 4.78. The summed E-state index contributed by atoms with van der Waals surface area (Å²) in [7, 11) is 0. The Morgan fingerprint density at radius 2 is 1.92 bits per heavy atom. The van der Waals surface area contributed by atoms with Gasteiger partial charge in [0.25, 0.3) is 11.1 Å². The molecule has 0 atom stereocenters. The number of imide groups is 1. The zero-order chi connectivity index (χ0) is 16.9. The van der Waals surface area contributed by atoms with Crippen LogP contribution in [0.15, 0.2) is 29.2 Å². The summed E-state index contributed by atoms with van der Waals surface area (Å²) in [6.07, 6.45) is 5.25. The summed E-state index contributed by atoms with van der Waals surface area (Å²) in [5, 5.41) is -0.189.